The highest BCUT2D eigenvalue weighted by Gasteiger charge is 2.27. The van der Waals surface area contributed by atoms with Crippen molar-refractivity contribution in [3.8, 4) is 0 Å². The van der Waals surface area contributed by atoms with Crippen molar-refractivity contribution >= 4 is 17.6 Å². The first-order valence-corrected chi connectivity index (χ1v) is 6.72. The molecule has 1 rings (SSSR count). The second-order valence-corrected chi connectivity index (χ2v) is 5.06. The van der Waals surface area contributed by atoms with Crippen LogP contribution in [0.4, 0.5) is 5.69 Å². The fraction of sp³-hybridized carbons (Fsp3) is 0.467. The Morgan fingerprint density at radius 1 is 1.30 bits per heavy atom. The van der Waals surface area contributed by atoms with Crippen LogP contribution in [0, 0.1) is 12.8 Å². The van der Waals surface area contributed by atoms with Crippen molar-refractivity contribution in [3.05, 3.63) is 29.8 Å². The van der Waals surface area contributed by atoms with Crippen molar-refractivity contribution < 1.29 is 14.7 Å². The Bertz CT molecular complexity index is 471. The van der Waals surface area contributed by atoms with Gasteiger partial charge in [-0.05, 0) is 25.0 Å². The summed E-state index contributed by atoms with van der Waals surface area (Å²) in [7, 11) is 0. The summed E-state index contributed by atoms with van der Waals surface area (Å²) in [5.41, 5.74) is 7.53. The Hall–Kier alpha value is -1.88. The smallest absolute Gasteiger partial charge is 0.323 e. The van der Waals surface area contributed by atoms with Crippen LogP contribution in [0.1, 0.15) is 25.8 Å². The Morgan fingerprint density at radius 3 is 2.30 bits per heavy atom. The molecule has 20 heavy (non-hydrogen) atoms. The van der Waals surface area contributed by atoms with Gasteiger partial charge in [-0.3, -0.25) is 14.5 Å². The third-order valence-electron chi connectivity index (χ3n) is 3.45. The van der Waals surface area contributed by atoms with Gasteiger partial charge in [-0.25, -0.2) is 0 Å². The third-order valence-corrected chi connectivity index (χ3v) is 3.45. The Morgan fingerprint density at radius 2 is 1.85 bits per heavy atom. The molecule has 5 nitrogen and oxygen atoms in total. The summed E-state index contributed by atoms with van der Waals surface area (Å²) >= 11 is 0. The van der Waals surface area contributed by atoms with Gasteiger partial charge in [0.15, 0.2) is 0 Å². The van der Waals surface area contributed by atoms with E-state index in [-0.39, 0.29) is 18.4 Å². The fourth-order valence-corrected chi connectivity index (χ4v) is 1.83. The Balaban J connectivity index is 3.03. The van der Waals surface area contributed by atoms with Crippen molar-refractivity contribution in [2.24, 2.45) is 11.7 Å². The summed E-state index contributed by atoms with van der Waals surface area (Å²) < 4.78 is 0. The number of hydrogen-bond acceptors (Lipinski definition) is 3. The molecule has 0 fully saturated rings. The lowest BCUT2D eigenvalue weighted by atomic mass is 9.98. The SMILES string of the molecule is CCC(C)C(N)C(=O)N(CC(=O)O)c1ccc(C)cc1. The van der Waals surface area contributed by atoms with Gasteiger partial charge in [-0.2, -0.15) is 0 Å². The number of aryl methyl sites for hydroxylation is 1. The van der Waals surface area contributed by atoms with Gasteiger partial charge < -0.3 is 10.8 Å². The van der Waals surface area contributed by atoms with Crippen molar-refractivity contribution in [3.63, 3.8) is 0 Å². The molecule has 110 valence electrons. The molecule has 1 aromatic rings. The molecule has 0 spiro atoms. The van der Waals surface area contributed by atoms with E-state index in [4.69, 9.17) is 10.8 Å². The van der Waals surface area contributed by atoms with E-state index in [1.807, 2.05) is 32.9 Å². The topological polar surface area (TPSA) is 83.6 Å². The minimum atomic E-state index is -1.06. The molecule has 0 aliphatic heterocycles. The van der Waals surface area contributed by atoms with E-state index in [0.717, 1.165) is 12.0 Å². The molecule has 0 aliphatic carbocycles. The van der Waals surface area contributed by atoms with E-state index in [9.17, 15) is 9.59 Å². The van der Waals surface area contributed by atoms with Gasteiger partial charge in [0.25, 0.3) is 0 Å². The molecule has 0 bridgehead atoms. The zero-order valence-corrected chi connectivity index (χ0v) is 12.2. The Kier molecular flexibility index (Phi) is 5.70. The summed E-state index contributed by atoms with van der Waals surface area (Å²) in [6.07, 6.45) is 0.766. The lowest BCUT2D eigenvalue weighted by Crippen LogP contribution is -2.49. The summed E-state index contributed by atoms with van der Waals surface area (Å²) in [6, 6.07) is 6.46. The molecule has 2 unspecified atom stereocenters. The largest absolute Gasteiger partial charge is 0.480 e. The average Bonchev–Trinajstić information content (AvgIpc) is 2.43. The second kappa shape index (κ2) is 7.05. The second-order valence-electron chi connectivity index (χ2n) is 5.06. The minimum Gasteiger partial charge on any atom is -0.480 e. The zero-order chi connectivity index (χ0) is 15.3. The normalized spacial score (nSPS) is 13.6. The van der Waals surface area contributed by atoms with Crippen LogP contribution in [0.2, 0.25) is 0 Å². The lowest BCUT2D eigenvalue weighted by Gasteiger charge is -2.27. The van der Waals surface area contributed by atoms with E-state index in [1.54, 1.807) is 12.1 Å². The summed E-state index contributed by atoms with van der Waals surface area (Å²) in [4.78, 5) is 24.6. The molecule has 1 amide bonds. The van der Waals surface area contributed by atoms with E-state index in [1.165, 1.54) is 4.90 Å². The summed E-state index contributed by atoms with van der Waals surface area (Å²) in [6.45, 7) is 5.38. The van der Waals surface area contributed by atoms with Crippen LogP contribution < -0.4 is 10.6 Å². The number of rotatable bonds is 6. The monoisotopic (exact) mass is 278 g/mol. The molecule has 0 saturated carbocycles. The number of anilines is 1. The molecular formula is C15H22N2O3. The predicted molar refractivity (Wildman–Crippen MR) is 78.6 cm³/mol. The molecule has 0 heterocycles. The van der Waals surface area contributed by atoms with E-state index in [0.29, 0.717) is 5.69 Å². The quantitative estimate of drug-likeness (QED) is 0.831. The van der Waals surface area contributed by atoms with Crippen LogP contribution in [-0.2, 0) is 9.59 Å². The highest BCUT2D eigenvalue weighted by atomic mass is 16.4. The van der Waals surface area contributed by atoms with Crippen LogP contribution in [0.3, 0.4) is 0 Å². The minimum absolute atomic E-state index is 0.00393. The van der Waals surface area contributed by atoms with Crippen LogP contribution in [0.15, 0.2) is 24.3 Å². The van der Waals surface area contributed by atoms with Crippen LogP contribution in [-0.4, -0.2) is 29.6 Å². The molecule has 0 saturated heterocycles. The summed E-state index contributed by atoms with van der Waals surface area (Å²) in [5, 5.41) is 8.99. The highest BCUT2D eigenvalue weighted by Crippen LogP contribution is 2.18. The molecule has 0 radical (unpaired) electrons. The van der Waals surface area contributed by atoms with Crippen LogP contribution in [0.5, 0.6) is 0 Å². The maximum Gasteiger partial charge on any atom is 0.323 e. The maximum absolute atomic E-state index is 12.4. The number of nitrogens with two attached hydrogens (primary N) is 1. The number of carboxylic acid groups (broad SMARTS) is 1. The van der Waals surface area contributed by atoms with Crippen molar-refractivity contribution in [2.45, 2.75) is 33.2 Å². The molecule has 2 atom stereocenters. The molecular weight excluding hydrogens is 256 g/mol. The number of carbonyl (C=O) groups excluding carboxylic acids is 1. The Labute approximate surface area is 119 Å². The van der Waals surface area contributed by atoms with Gasteiger partial charge in [0.2, 0.25) is 5.91 Å². The first kappa shape index (κ1) is 16.2. The van der Waals surface area contributed by atoms with E-state index in [2.05, 4.69) is 0 Å². The molecule has 3 N–H and O–H groups in total. The maximum atomic E-state index is 12.4. The molecule has 5 heteroatoms. The highest BCUT2D eigenvalue weighted by molar-refractivity contribution is 6.00. The molecule has 0 aromatic heterocycles. The van der Waals surface area contributed by atoms with Crippen LogP contribution in [0.25, 0.3) is 0 Å². The first-order chi connectivity index (χ1) is 9.36. The van der Waals surface area contributed by atoms with E-state index >= 15 is 0 Å². The number of aliphatic carboxylic acids is 1. The number of hydrogen-bond donors (Lipinski definition) is 2. The average molecular weight is 278 g/mol. The van der Waals surface area contributed by atoms with Gasteiger partial charge in [-0.1, -0.05) is 38.0 Å². The van der Waals surface area contributed by atoms with Gasteiger partial charge in [-0.15, -0.1) is 0 Å². The number of nitrogens with zero attached hydrogens (tertiary/aromatic N) is 1. The number of benzene rings is 1. The standard InChI is InChI=1S/C15H22N2O3/c1-4-11(3)14(16)15(20)17(9-13(18)19)12-7-5-10(2)6-8-12/h5-8,11,14H,4,9,16H2,1-3H3,(H,18,19). The van der Waals surface area contributed by atoms with Gasteiger partial charge in [0.1, 0.15) is 6.54 Å². The van der Waals surface area contributed by atoms with Crippen molar-refractivity contribution in [1.82, 2.24) is 0 Å². The van der Waals surface area contributed by atoms with Gasteiger partial charge >= 0.3 is 5.97 Å². The fourth-order valence-electron chi connectivity index (χ4n) is 1.83. The lowest BCUT2D eigenvalue weighted by molar-refractivity contribution is -0.137. The van der Waals surface area contributed by atoms with Gasteiger partial charge in [0, 0.05) is 5.69 Å². The zero-order valence-electron chi connectivity index (χ0n) is 12.2. The molecule has 1 aromatic carbocycles. The predicted octanol–water partition coefficient (Wildman–Crippen LogP) is 1.79. The number of carboxylic acids is 1. The van der Waals surface area contributed by atoms with E-state index < -0.39 is 12.0 Å². The third kappa shape index (κ3) is 4.06. The van der Waals surface area contributed by atoms with Crippen LogP contribution >= 0.6 is 0 Å². The van der Waals surface area contributed by atoms with Crippen molar-refractivity contribution in [1.29, 1.82) is 0 Å². The number of carbonyl (C=O) groups is 2. The molecule has 0 aliphatic rings. The number of amides is 1. The van der Waals surface area contributed by atoms with Gasteiger partial charge in [0.05, 0.1) is 6.04 Å². The first-order valence-electron chi connectivity index (χ1n) is 6.72. The van der Waals surface area contributed by atoms with Crippen molar-refractivity contribution in [2.75, 3.05) is 11.4 Å². The summed E-state index contributed by atoms with van der Waals surface area (Å²) in [5.74, 6) is -1.41.